The number of ether oxygens (including phenoxy) is 1. The van der Waals surface area contributed by atoms with Crippen molar-refractivity contribution in [1.29, 1.82) is 0 Å². The van der Waals surface area contributed by atoms with Gasteiger partial charge in [-0.25, -0.2) is 0 Å². The Balaban J connectivity index is 2.04. The fourth-order valence-corrected chi connectivity index (χ4v) is 2.18. The van der Waals surface area contributed by atoms with Gasteiger partial charge >= 0.3 is 0 Å². The zero-order chi connectivity index (χ0) is 10.2. The number of thiol groups is 1. The van der Waals surface area contributed by atoms with Crippen LogP contribution in [-0.2, 0) is 4.74 Å². The normalized spacial score (nSPS) is 19.1. The molecule has 0 unspecified atom stereocenters. The lowest BCUT2D eigenvalue weighted by Gasteiger charge is -2.31. The molecule has 0 bridgehead atoms. The molecule has 0 aromatic rings. The fourth-order valence-electron chi connectivity index (χ4n) is 1.96. The second-order valence-electron chi connectivity index (χ2n) is 4.11. The number of nitrogens with zero attached hydrogens (tertiary/aromatic N) is 1. The Hall–Kier alpha value is 0.270. The van der Waals surface area contributed by atoms with Gasteiger partial charge in [-0.1, -0.05) is 6.42 Å². The smallest absolute Gasteiger partial charge is 0.0480 e. The van der Waals surface area contributed by atoms with E-state index in [1.807, 2.05) is 0 Å². The van der Waals surface area contributed by atoms with E-state index in [0.717, 1.165) is 25.0 Å². The minimum atomic E-state index is 0.764. The van der Waals surface area contributed by atoms with Gasteiger partial charge in [-0.2, -0.15) is 12.6 Å². The van der Waals surface area contributed by atoms with Gasteiger partial charge in [0.25, 0.3) is 0 Å². The number of unbranched alkanes of at least 4 members (excludes halogenated alkanes) is 2. The van der Waals surface area contributed by atoms with Gasteiger partial charge in [-0.05, 0) is 45.0 Å². The van der Waals surface area contributed by atoms with Gasteiger partial charge in [0.2, 0.25) is 0 Å². The fraction of sp³-hybridized carbons (Fsp3) is 1.00. The highest BCUT2D eigenvalue weighted by Crippen LogP contribution is 2.13. The molecule has 0 spiro atoms. The third-order valence-corrected chi connectivity index (χ3v) is 3.30. The standard InChI is InChI=1S/C11H23NOS/c1-12(7-3-2-4-10-14)11-5-8-13-9-6-11/h11,14H,2-10H2,1H3. The van der Waals surface area contributed by atoms with Crippen molar-refractivity contribution < 1.29 is 4.74 Å². The first kappa shape index (κ1) is 12.3. The first-order valence-corrected chi connectivity index (χ1v) is 6.36. The lowest BCUT2D eigenvalue weighted by Crippen LogP contribution is -2.37. The summed E-state index contributed by atoms with van der Waals surface area (Å²) in [5.74, 6) is 1.03. The topological polar surface area (TPSA) is 12.5 Å². The van der Waals surface area contributed by atoms with E-state index in [-0.39, 0.29) is 0 Å². The molecule has 0 amide bonds. The highest BCUT2D eigenvalue weighted by molar-refractivity contribution is 7.80. The van der Waals surface area contributed by atoms with E-state index >= 15 is 0 Å². The summed E-state index contributed by atoms with van der Waals surface area (Å²) in [6.07, 6.45) is 6.31. The highest BCUT2D eigenvalue weighted by Gasteiger charge is 2.17. The zero-order valence-corrected chi connectivity index (χ0v) is 10.1. The van der Waals surface area contributed by atoms with Crippen LogP contribution in [0.2, 0.25) is 0 Å². The van der Waals surface area contributed by atoms with Gasteiger partial charge in [-0.15, -0.1) is 0 Å². The molecule has 1 rings (SSSR count). The molecule has 1 aliphatic heterocycles. The second-order valence-corrected chi connectivity index (χ2v) is 4.56. The Morgan fingerprint density at radius 2 is 1.93 bits per heavy atom. The lowest BCUT2D eigenvalue weighted by molar-refractivity contribution is 0.0426. The predicted molar refractivity (Wildman–Crippen MR) is 64.2 cm³/mol. The molecular formula is C11H23NOS. The molecule has 1 saturated heterocycles. The summed E-state index contributed by atoms with van der Waals surface area (Å²) >= 11 is 4.22. The molecule has 3 heteroatoms. The first-order chi connectivity index (χ1) is 6.84. The van der Waals surface area contributed by atoms with Crippen molar-refractivity contribution in [3.63, 3.8) is 0 Å². The Morgan fingerprint density at radius 1 is 1.21 bits per heavy atom. The van der Waals surface area contributed by atoms with Crippen molar-refractivity contribution in [2.75, 3.05) is 32.6 Å². The average molecular weight is 217 g/mol. The number of hydrogen-bond donors (Lipinski definition) is 1. The van der Waals surface area contributed by atoms with Crippen LogP contribution in [0.5, 0.6) is 0 Å². The van der Waals surface area contributed by atoms with Crippen molar-refractivity contribution in [2.45, 2.75) is 38.1 Å². The Bertz CT molecular complexity index is 137. The molecule has 2 nitrogen and oxygen atoms in total. The van der Waals surface area contributed by atoms with Crippen LogP contribution in [0.4, 0.5) is 0 Å². The summed E-state index contributed by atoms with van der Waals surface area (Å²) in [6, 6.07) is 0.764. The van der Waals surface area contributed by atoms with Gasteiger partial charge in [-0.3, -0.25) is 0 Å². The maximum atomic E-state index is 5.36. The van der Waals surface area contributed by atoms with Gasteiger partial charge in [0.05, 0.1) is 0 Å². The lowest BCUT2D eigenvalue weighted by atomic mass is 10.1. The third-order valence-electron chi connectivity index (χ3n) is 2.98. The van der Waals surface area contributed by atoms with E-state index in [1.54, 1.807) is 0 Å². The van der Waals surface area contributed by atoms with E-state index < -0.39 is 0 Å². The SMILES string of the molecule is CN(CCCCCS)C1CCOCC1. The summed E-state index contributed by atoms with van der Waals surface area (Å²) in [7, 11) is 2.25. The van der Waals surface area contributed by atoms with E-state index in [9.17, 15) is 0 Å². The molecule has 0 aliphatic carbocycles. The Morgan fingerprint density at radius 3 is 2.57 bits per heavy atom. The molecule has 0 aromatic heterocycles. The van der Waals surface area contributed by atoms with Gasteiger partial charge in [0.15, 0.2) is 0 Å². The monoisotopic (exact) mass is 217 g/mol. The van der Waals surface area contributed by atoms with Crippen molar-refractivity contribution >= 4 is 12.6 Å². The summed E-state index contributed by atoms with van der Waals surface area (Å²) in [5, 5.41) is 0. The summed E-state index contributed by atoms with van der Waals surface area (Å²) in [5.41, 5.74) is 0. The molecule has 1 aliphatic rings. The van der Waals surface area contributed by atoms with Crippen LogP contribution in [0.15, 0.2) is 0 Å². The van der Waals surface area contributed by atoms with Crippen LogP contribution >= 0.6 is 12.6 Å². The number of rotatable bonds is 6. The van der Waals surface area contributed by atoms with E-state index in [1.165, 1.54) is 38.6 Å². The minimum Gasteiger partial charge on any atom is -0.381 e. The third kappa shape index (κ3) is 4.67. The average Bonchev–Trinajstić information content (AvgIpc) is 2.25. The van der Waals surface area contributed by atoms with Crippen LogP contribution in [-0.4, -0.2) is 43.5 Å². The molecular weight excluding hydrogens is 194 g/mol. The Labute approximate surface area is 93.4 Å². The molecule has 0 radical (unpaired) electrons. The molecule has 0 saturated carbocycles. The molecule has 1 heterocycles. The maximum Gasteiger partial charge on any atom is 0.0480 e. The van der Waals surface area contributed by atoms with Crippen LogP contribution in [0.3, 0.4) is 0 Å². The summed E-state index contributed by atoms with van der Waals surface area (Å²) in [4.78, 5) is 2.50. The minimum absolute atomic E-state index is 0.764. The van der Waals surface area contributed by atoms with Crippen LogP contribution < -0.4 is 0 Å². The number of hydrogen-bond acceptors (Lipinski definition) is 3. The second kappa shape index (κ2) is 7.55. The van der Waals surface area contributed by atoms with E-state index in [0.29, 0.717) is 0 Å². The van der Waals surface area contributed by atoms with Crippen LogP contribution in [0, 0.1) is 0 Å². The molecule has 1 fully saturated rings. The molecule has 14 heavy (non-hydrogen) atoms. The molecule has 84 valence electrons. The Kier molecular flexibility index (Phi) is 6.65. The quantitative estimate of drug-likeness (QED) is 0.541. The first-order valence-electron chi connectivity index (χ1n) is 5.73. The van der Waals surface area contributed by atoms with Crippen LogP contribution in [0.1, 0.15) is 32.1 Å². The summed E-state index contributed by atoms with van der Waals surface area (Å²) < 4.78 is 5.36. The van der Waals surface area contributed by atoms with E-state index in [4.69, 9.17) is 4.74 Å². The van der Waals surface area contributed by atoms with Gasteiger partial charge in [0.1, 0.15) is 0 Å². The van der Waals surface area contributed by atoms with Gasteiger partial charge < -0.3 is 9.64 Å². The van der Waals surface area contributed by atoms with Crippen molar-refractivity contribution in [3.8, 4) is 0 Å². The molecule has 0 N–H and O–H groups in total. The zero-order valence-electron chi connectivity index (χ0n) is 9.24. The molecule has 0 aromatic carbocycles. The van der Waals surface area contributed by atoms with Crippen molar-refractivity contribution in [1.82, 2.24) is 4.90 Å². The predicted octanol–water partition coefficient (Wildman–Crippen LogP) is 2.20. The molecule has 0 atom stereocenters. The largest absolute Gasteiger partial charge is 0.381 e. The maximum absolute atomic E-state index is 5.36. The van der Waals surface area contributed by atoms with Crippen molar-refractivity contribution in [3.05, 3.63) is 0 Å². The van der Waals surface area contributed by atoms with Crippen LogP contribution in [0.25, 0.3) is 0 Å². The summed E-state index contributed by atoms with van der Waals surface area (Å²) in [6.45, 7) is 3.13. The van der Waals surface area contributed by atoms with Crippen molar-refractivity contribution in [2.24, 2.45) is 0 Å². The van der Waals surface area contributed by atoms with E-state index in [2.05, 4.69) is 24.6 Å². The van der Waals surface area contributed by atoms with Gasteiger partial charge in [0, 0.05) is 19.3 Å². The highest BCUT2D eigenvalue weighted by atomic mass is 32.1.